The lowest BCUT2D eigenvalue weighted by Gasteiger charge is -2.27. The van der Waals surface area contributed by atoms with Crippen molar-refractivity contribution in [1.82, 2.24) is 5.32 Å². The molecule has 3 heteroatoms. The van der Waals surface area contributed by atoms with Crippen LogP contribution < -0.4 is 5.32 Å². The first-order valence-electron chi connectivity index (χ1n) is 6.28. The second-order valence-corrected chi connectivity index (χ2v) is 5.05. The molecule has 15 heavy (non-hydrogen) atoms. The highest BCUT2D eigenvalue weighted by Gasteiger charge is 2.25. The summed E-state index contributed by atoms with van der Waals surface area (Å²) in [5.74, 6) is 0.765. The first kappa shape index (κ1) is 11.4. The van der Waals surface area contributed by atoms with Crippen molar-refractivity contribution >= 4 is 0 Å². The van der Waals surface area contributed by atoms with E-state index >= 15 is 0 Å². The van der Waals surface area contributed by atoms with Gasteiger partial charge >= 0.3 is 0 Å². The van der Waals surface area contributed by atoms with Crippen LogP contribution in [0.25, 0.3) is 0 Å². The molecule has 1 saturated carbocycles. The molecule has 2 N–H and O–H groups in total. The van der Waals surface area contributed by atoms with E-state index in [1.807, 2.05) is 0 Å². The lowest BCUT2D eigenvalue weighted by Crippen LogP contribution is -2.38. The van der Waals surface area contributed by atoms with E-state index in [1.54, 1.807) is 0 Å². The van der Waals surface area contributed by atoms with Crippen molar-refractivity contribution in [3.8, 4) is 0 Å². The van der Waals surface area contributed by atoms with Gasteiger partial charge in [0, 0.05) is 12.6 Å². The van der Waals surface area contributed by atoms with Gasteiger partial charge in [0.05, 0.1) is 12.2 Å². The van der Waals surface area contributed by atoms with Gasteiger partial charge in [0.25, 0.3) is 0 Å². The summed E-state index contributed by atoms with van der Waals surface area (Å²) in [7, 11) is 0. The second-order valence-electron chi connectivity index (χ2n) is 5.05. The van der Waals surface area contributed by atoms with Crippen LogP contribution in [0.1, 0.15) is 39.0 Å². The number of hydrogen-bond donors (Lipinski definition) is 2. The van der Waals surface area contributed by atoms with Crippen LogP contribution in [0.5, 0.6) is 0 Å². The molecule has 0 spiro atoms. The monoisotopic (exact) mass is 213 g/mol. The van der Waals surface area contributed by atoms with E-state index < -0.39 is 0 Å². The molecule has 2 rings (SSSR count). The van der Waals surface area contributed by atoms with Gasteiger partial charge in [-0.05, 0) is 51.5 Å². The standard InChI is InChI=1S/C12H23NO2/c1-9-12(6-7-15-9)13-8-10-2-4-11(14)5-3-10/h9-14H,2-8H2,1H3. The molecule has 0 bridgehead atoms. The van der Waals surface area contributed by atoms with E-state index in [4.69, 9.17) is 4.74 Å². The van der Waals surface area contributed by atoms with Crippen molar-refractivity contribution in [2.24, 2.45) is 5.92 Å². The van der Waals surface area contributed by atoms with Crippen LogP contribution in [-0.4, -0.2) is 36.5 Å². The predicted octanol–water partition coefficient (Wildman–Crippen LogP) is 1.30. The van der Waals surface area contributed by atoms with Crippen LogP contribution in [0.15, 0.2) is 0 Å². The zero-order valence-corrected chi connectivity index (χ0v) is 9.61. The molecule has 1 saturated heterocycles. The number of rotatable bonds is 3. The average molecular weight is 213 g/mol. The molecule has 0 aromatic rings. The molecule has 1 aliphatic carbocycles. The molecule has 2 aliphatic rings. The van der Waals surface area contributed by atoms with Crippen LogP contribution >= 0.6 is 0 Å². The minimum absolute atomic E-state index is 0.0324. The molecule has 1 heterocycles. The molecule has 0 aromatic heterocycles. The molecular weight excluding hydrogens is 190 g/mol. The first-order valence-corrected chi connectivity index (χ1v) is 6.28. The molecule has 2 atom stereocenters. The Morgan fingerprint density at radius 1 is 1.20 bits per heavy atom. The number of aliphatic hydroxyl groups is 1. The van der Waals surface area contributed by atoms with Crippen LogP contribution in [0.4, 0.5) is 0 Å². The topological polar surface area (TPSA) is 41.5 Å². The third kappa shape index (κ3) is 3.16. The van der Waals surface area contributed by atoms with Crippen molar-refractivity contribution in [1.29, 1.82) is 0 Å². The first-order chi connectivity index (χ1) is 7.25. The van der Waals surface area contributed by atoms with Crippen LogP contribution in [0.3, 0.4) is 0 Å². The zero-order valence-electron chi connectivity index (χ0n) is 9.61. The van der Waals surface area contributed by atoms with Gasteiger partial charge in [-0.25, -0.2) is 0 Å². The second kappa shape index (κ2) is 5.28. The fourth-order valence-electron chi connectivity index (χ4n) is 2.67. The van der Waals surface area contributed by atoms with Gasteiger partial charge in [-0.1, -0.05) is 0 Å². The summed E-state index contributed by atoms with van der Waals surface area (Å²) in [5.41, 5.74) is 0. The minimum atomic E-state index is -0.0324. The average Bonchev–Trinajstić information content (AvgIpc) is 2.63. The summed E-state index contributed by atoms with van der Waals surface area (Å²) >= 11 is 0. The third-order valence-electron chi connectivity index (χ3n) is 3.86. The summed E-state index contributed by atoms with van der Waals surface area (Å²) in [5, 5.41) is 13.0. The van der Waals surface area contributed by atoms with E-state index in [1.165, 1.54) is 12.8 Å². The number of aliphatic hydroxyl groups excluding tert-OH is 1. The highest BCUT2D eigenvalue weighted by atomic mass is 16.5. The van der Waals surface area contributed by atoms with Gasteiger partial charge in [0.1, 0.15) is 0 Å². The molecule has 2 unspecified atom stereocenters. The lowest BCUT2D eigenvalue weighted by molar-refractivity contribution is 0.0993. The lowest BCUT2D eigenvalue weighted by atomic mass is 9.87. The molecule has 0 amide bonds. The maximum absolute atomic E-state index is 9.41. The molecule has 3 nitrogen and oxygen atoms in total. The quantitative estimate of drug-likeness (QED) is 0.742. The van der Waals surface area contributed by atoms with E-state index in [0.29, 0.717) is 12.1 Å². The van der Waals surface area contributed by atoms with Gasteiger partial charge < -0.3 is 15.2 Å². The highest BCUT2D eigenvalue weighted by Crippen LogP contribution is 2.24. The van der Waals surface area contributed by atoms with Crippen LogP contribution in [0.2, 0.25) is 0 Å². The Kier molecular flexibility index (Phi) is 4.00. The van der Waals surface area contributed by atoms with E-state index in [0.717, 1.165) is 38.3 Å². The Hall–Kier alpha value is -0.120. The minimum Gasteiger partial charge on any atom is -0.393 e. The Balaban J connectivity index is 1.65. The maximum atomic E-state index is 9.41. The molecule has 0 aromatic carbocycles. The Morgan fingerprint density at radius 3 is 2.53 bits per heavy atom. The smallest absolute Gasteiger partial charge is 0.0700 e. The summed E-state index contributed by atoms with van der Waals surface area (Å²) in [6.07, 6.45) is 5.82. The summed E-state index contributed by atoms with van der Waals surface area (Å²) in [6.45, 7) is 4.16. The summed E-state index contributed by atoms with van der Waals surface area (Å²) in [6, 6.07) is 0.553. The van der Waals surface area contributed by atoms with Crippen molar-refractivity contribution in [3.63, 3.8) is 0 Å². The summed E-state index contributed by atoms with van der Waals surface area (Å²) in [4.78, 5) is 0. The van der Waals surface area contributed by atoms with Gasteiger partial charge in [0.15, 0.2) is 0 Å². The normalized spacial score (nSPS) is 42.0. The highest BCUT2D eigenvalue weighted by molar-refractivity contribution is 4.81. The van der Waals surface area contributed by atoms with Crippen LogP contribution in [0, 0.1) is 5.92 Å². The number of nitrogens with one attached hydrogen (secondary N) is 1. The van der Waals surface area contributed by atoms with E-state index in [2.05, 4.69) is 12.2 Å². The maximum Gasteiger partial charge on any atom is 0.0700 e. The fourth-order valence-corrected chi connectivity index (χ4v) is 2.67. The SMILES string of the molecule is CC1OCCC1NCC1CCC(O)CC1. The number of ether oxygens (including phenoxy) is 1. The van der Waals surface area contributed by atoms with Gasteiger partial charge in [-0.2, -0.15) is 0 Å². The van der Waals surface area contributed by atoms with Crippen molar-refractivity contribution in [3.05, 3.63) is 0 Å². The van der Waals surface area contributed by atoms with Crippen LogP contribution in [-0.2, 0) is 4.74 Å². The Bertz CT molecular complexity index is 190. The van der Waals surface area contributed by atoms with E-state index in [9.17, 15) is 5.11 Å². The number of hydrogen-bond acceptors (Lipinski definition) is 3. The molecule has 0 radical (unpaired) electrons. The zero-order chi connectivity index (χ0) is 10.7. The molecule has 88 valence electrons. The molecule has 2 fully saturated rings. The summed E-state index contributed by atoms with van der Waals surface area (Å²) < 4.78 is 5.52. The molecular formula is C12H23NO2. The van der Waals surface area contributed by atoms with Crippen molar-refractivity contribution in [2.75, 3.05) is 13.2 Å². The van der Waals surface area contributed by atoms with Gasteiger partial charge in [-0.15, -0.1) is 0 Å². The van der Waals surface area contributed by atoms with Gasteiger partial charge in [0.2, 0.25) is 0 Å². The Labute approximate surface area is 92.2 Å². The van der Waals surface area contributed by atoms with Crippen molar-refractivity contribution < 1.29 is 9.84 Å². The Morgan fingerprint density at radius 2 is 1.93 bits per heavy atom. The van der Waals surface area contributed by atoms with E-state index in [-0.39, 0.29) is 6.10 Å². The predicted molar refractivity (Wildman–Crippen MR) is 59.8 cm³/mol. The third-order valence-corrected chi connectivity index (χ3v) is 3.86. The van der Waals surface area contributed by atoms with Crippen molar-refractivity contribution in [2.45, 2.75) is 57.3 Å². The molecule has 1 aliphatic heterocycles. The fraction of sp³-hybridized carbons (Fsp3) is 1.00. The largest absolute Gasteiger partial charge is 0.393 e. The van der Waals surface area contributed by atoms with Gasteiger partial charge in [-0.3, -0.25) is 0 Å².